The van der Waals surface area contributed by atoms with Crippen LogP contribution < -0.4 is 5.32 Å². The average molecular weight is 357 g/mol. The summed E-state index contributed by atoms with van der Waals surface area (Å²) in [6.45, 7) is 6.00. The lowest BCUT2D eigenvalue weighted by Crippen LogP contribution is -2.29. The van der Waals surface area contributed by atoms with E-state index in [1.807, 2.05) is 6.92 Å². The van der Waals surface area contributed by atoms with E-state index in [0.717, 1.165) is 0 Å². The lowest BCUT2D eigenvalue weighted by Gasteiger charge is -2.14. The fourth-order valence-electron chi connectivity index (χ4n) is 1.98. The molecule has 1 heterocycles. The van der Waals surface area contributed by atoms with Crippen molar-refractivity contribution in [1.29, 1.82) is 0 Å². The average Bonchev–Trinajstić information content (AvgIpc) is 2.80. The smallest absolute Gasteiger partial charge is 0.253 e. The number of amides is 1. The first-order valence-corrected chi connectivity index (χ1v) is 7.62. The molecule has 1 aromatic heterocycles. The van der Waals surface area contributed by atoms with Gasteiger partial charge in [-0.25, -0.2) is 0 Å². The van der Waals surface area contributed by atoms with Gasteiger partial charge in [-0.2, -0.15) is 5.10 Å². The summed E-state index contributed by atoms with van der Waals surface area (Å²) in [5, 5.41) is 10.5. The van der Waals surface area contributed by atoms with Gasteiger partial charge in [-0.05, 0) is 37.3 Å². The van der Waals surface area contributed by atoms with E-state index in [-0.39, 0.29) is 11.9 Å². The van der Waals surface area contributed by atoms with Crippen molar-refractivity contribution in [2.45, 2.75) is 19.5 Å². The number of H-pyrrole nitrogens is 1. The second-order valence-corrected chi connectivity index (χ2v) is 5.84. The Kier molecular flexibility index (Phi) is 5.39. The number of hydrogen-bond acceptors (Lipinski definition) is 3. The number of allylic oxidation sites excluding steroid dienone is 1. The molecule has 0 aliphatic carbocycles. The largest absolute Gasteiger partial charge is 0.342 e. The van der Waals surface area contributed by atoms with Gasteiger partial charge in [0.1, 0.15) is 0 Å². The van der Waals surface area contributed by atoms with Gasteiger partial charge in [0.2, 0.25) is 0 Å². The first-order chi connectivity index (χ1) is 10.4. The van der Waals surface area contributed by atoms with Crippen molar-refractivity contribution in [3.05, 3.63) is 57.1 Å². The van der Waals surface area contributed by atoms with Crippen molar-refractivity contribution in [2.24, 2.45) is 0 Å². The summed E-state index contributed by atoms with van der Waals surface area (Å²) in [5.41, 5.74) is 0.349. The number of rotatable bonds is 5. The number of nitrogens with zero attached hydrogens (tertiary/aromatic N) is 2. The molecular formula is C14H14Cl2N4OS. The molecule has 1 amide bonds. The molecule has 116 valence electrons. The van der Waals surface area contributed by atoms with Gasteiger partial charge in [-0.3, -0.25) is 14.5 Å². The van der Waals surface area contributed by atoms with Crippen molar-refractivity contribution < 1.29 is 4.79 Å². The third-order valence-electron chi connectivity index (χ3n) is 3.01. The van der Waals surface area contributed by atoms with Crippen molar-refractivity contribution in [3.63, 3.8) is 0 Å². The van der Waals surface area contributed by atoms with E-state index < -0.39 is 0 Å². The van der Waals surface area contributed by atoms with Crippen molar-refractivity contribution >= 4 is 41.3 Å². The fraction of sp³-hybridized carbons (Fsp3) is 0.214. The quantitative estimate of drug-likeness (QED) is 0.630. The lowest BCUT2D eigenvalue weighted by molar-refractivity contribution is 0.0938. The van der Waals surface area contributed by atoms with E-state index in [2.05, 4.69) is 22.1 Å². The minimum Gasteiger partial charge on any atom is -0.342 e. The highest BCUT2D eigenvalue weighted by Crippen LogP contribution is 2.21. The third-order valence-corrected chi connectivity index (χ3v) is 3.87. The van der Waals surface area contributed by atoms with Gasteiger partial charge < -0.3 is 5.32 Å². The summed E-state index contributed by atoms with van der Waals surface area (Å²) in [5.74, 6) is 0.302. The predicted molar refractivity (Wildman–Crippen MR) is 90.0 cm³/mol. The van der Waals surface area contributed by atoms with Crippen LogP contribution in [-0.4, -0.2) is 20.7 Å². The monoisotopic (exact) mass is 356 g/mol. The van der Waals surface area contributed by atoms with Crippen LogP contribution in [0.4, 0.5) is 0 Å². The molecule has 0 spiro atoms. The number of benzene rings is 1. The third kappa shape index (κ3) is 3.58. The summed E-state index contributed by atoms with van der Waals surface area (Å²) in [7, 11) is 0. The van der Waals surface area contributed by atoms with Gasteiger partial charge in [-0.15, -0.1) is 6.58 Å². The molecule has 1 unspecified atom stereocenters. The molecule has 0 aliphatic heterocycles. The normalized spacial score (nSPS) is 12.0. The van der Waals surface area contributed by atoms with E-state index in [4.69, 9.17) is 35.4 Å². The molecule has 2 N–H and O–H groups in total. The minimum atomic E-state index is -0.354. The predicted octanol–water partition coefficient (Wildman–Crippen LogP) is 3.92. The summed E-state index contributed by atoms with van der Waals surface area (Å²) in [6.07, 6.45) is 1.71. The number of hydrogen-bond donors (Lipinski definition) is 2. The zero-order valence-corrected chi connectivity index (χ0v) is 14.1. The number of halogens is 2. The number of carbonyl (C=O) groups is 1. The van der Waals surface area contributed by atoms with E-state index >= 15 is 0 Å². The molecule has 0 aliphatic rings. The fourth-order valence-corrected chi connectivity index (χ4v) is 2.69. The highest BCUT2D eigenvalue weighted by Gasteiger charge is 2.18. The summed E-state index contributed by atoms with van der Waals surface area (Å²) in [4.78, 5) is 12.3. The minimum absolute atomic E-state index is 0.294. The van der Waals surface area contributed by atoms with Crippen LogP contribution in [0.25, 0.3) is 0 Å². The molecule has 2 rings (SSSR count). The molecule has 0 bridgehead atoms. The molecule has 0 fully saturated rings. The molecule has 1 aromatic carbocycles. The molecule has 8 heteroatoms. The van der Waals surface area contributed by atoms with Crippen LogP contribution >= 0.6 is 35.4 Å². The van der Waals surface area contributed by atoms with Gasteiger partial charge in [0.25, 0.3) is 5.91 Å². The van der Waals surface area contributed by atoms with Crippen molar-refractivity contribution in [2.75, 3.05) is 0 Å². The van der Waals surface area contributed by atoms with Gasteiger partial charge in [-0.1, -0.05) is 29.3 Å². The Hall–Kier alpha value is -1.63. The molecule has 2 aromatic rings. The molecule has 5 nitrogen and oxygen atoms in total. The second kappa shape index (κ2) is 7.09. The Morgan fingerprint density at radius 1 is 1.59 bits per heavy atom. The van der Waals surface area contributed by atoms with Crippen LogP contribution in [0.2, 0.25) is 10.0 Å². The van der Waals surface area contributed by atoms with E-state index in [0.29, 0.717) is 32.7 Å². The first kappa shape index (κ1) is 16.7. The number of aromatic nitrogens is 3. The maximum absolute atomic E-state index is 12.3. The molecular weight excluding hydrogens is 343 g/mol. The van der Waals surface area contributed by atoms with Crippen molar-refractivity contribution in [3.8, 4) is 0 Å². The van der Waals surface area contributed by atoms with Crippen LogP contribution in [0, 0.1) is 4.77 Å². The topological polar surface area (TPSA) is 62.7 Å². The van der Waals surface area contributed by atoms with Crippen LogP contribution in [0.5, 0.6) is 0 Å². The van der Waals surface area contributed by atoms with Gasteiger partial charge in [0.15, 0.2) is 10.6 Å². The Morgan fingerprint density at radius 3 is 2.95 bits per heavy atom. The summed E-state index contributed by atoms with van der Waals surface area (Å²) >= 11 is 17.0. The molecule has 0 saturated carbocycles. The van der Waals surface area contributed by atoms with Gasteiger partial charge >= 0.3 is 0 Å². The summed E-state index contributed by atoms with van der Waals surface area (Å²) in [6, 6.07) is 4.36. The second-order valence-electron chi connectivity index (χ2n) is 4.61. The Morgan fingerprint density at radius 2 is 2.32 bits per heavy atom. The molecule has 0 radical (unpaired) electrons. The standard InChI is InChI=1S/C14H14Cl2N4OS/c1-3-6-20-12(18-19-14(20)22)8(2)17-13(21)10-5-4-9(15)7-11(10)16/h3-5,7-8H,1,6H2,2H3,(H,17,21)(H,19,22). The molecule has 22 heavy (non-hydrogen) atoms. The van der Waals surface area contributed by atoms with Gasteiger partial charge in [0.05, 0.1) is 16.6 Å². The van der Waals surface area contributed by atoms with Crippen LogP contribution in [0.3, 0.4) is 0 Å². The Labute approximate surface area is 142 Å². The molecule has 0 saturated heterocycles. The summed E-state index contributed by atoms with van der Waals surface area (Å²) < 4.78 is 2.23. The number of nitrogens with one attached hydrogen (secondary N) is 2. The maximum Gasteiger partial charge on any atom is 0.253 e. The highest BCUT2D eigenvalue weighted by atomic mass is 35.5. The highest BCUT2D eigenvalue weighted by molar-refractivity contribution is 7.71. The van der Waals surface area contributed by atoms with E-state index in [1.165, 1.54) is 6.07 Å². The lowest BCUT2D eigenvalue weighted by atomic mass is 10.2. The van der Waals surface area contributed by atoms with Crippen LogP contribution in [0.1, 0.15) is 29.1 Å². The first-order valence-electron chi connectivity index (χ1n) is 6.46. The number of aromatic amines is 1. The van der Waals surface area contributed by atoms with Crippen LogP contribution in [0.15, 0.2) is 30.9 Å². The zero-order valence-electron chi connectivity index (χ0n) is 11.8. The van der Waals surface area contributed by atoms with Crippen LogP contribution in [-0.2, 0) is 6.54 Å². The Balaban J connectivity index is 2.21. The van der Waals surface area contributed by atoms with Gasteiger partial charge in [0, 0.05) is 11.6 Å². The maximum atomic E-state index is 12.3. The van der Waals surface area contributed by atoms with Crippen molar-refractivity contribution in [1.82, 2.24) is 20.1 Å². The Bertz CT molecular complexity index is 768. The SMILES string of the molecule is C=CCn1c(C(C)NC(=O)c2ccc(Cl)cc2Cl)n[nH]c1=S. The van der Waals surface area contributed by atoms with E-state index in [1.54, 1.807) is 22.8 Å². The zero-order chi connectivity index (χ0) is 16.3. The molecule has 1 atom stereocenters. The van der Waals surface area contributed by atoms with E-state index in [9.17, 15) is 4.79 Å². The number of carbonyl (C=O) groups excluding carboxylic acids is 1.